The van der Waals surface area contributed by atoms with Crippen LogP contribution >= 0.6 is 0 Å². The molecule has 1 N–H and O–H groups in total. The van der Waals surface area contributed by atoms with Gasteiger partial charge in [-0.2, -0.15) is 0 Å². The standard InChI is InChI=1S/C13H18N2O3/c1-2-18-11-4-3-6-14-12(11)13(17)15-7-5-10(8-15)9-16/h3-4,6,10,16H,2,5,7-9H2,1H3. The zero-order valence-electron chi connectivity index (χ0n) is 10.5. The van der Waals surface area contributed by atoms with E-state index in [0.717, 1.165) is 6.42 Å². The maximum Gasteiger partial charge on any atom is 0.276 e. The van der Waals surface area contributed by atoms with Crippen molar-refractivity contribution in [3.8, 4) is 5.75 Å². The van der Waals surface area contributed by atoms with Crippen molar-refractivity contribution in [1.29, 1.82) is 0 Å². The Morgan fingerprint density at radius 2 is 2.50 bits per heavy atom. The number of aromatic nitrogens is 1. The Labute approximate surface area is 106 Å². The average Bonchev–Trinajstić information content (AvgIpc) is 2.88. The van der Waals surface area contributed by atoms with Crippen molar-refractivity contribution >= 4 is 5.91 Å². The Morgan fingerprint density at radius 1 is 1.67 bits per heavy atom. The number of carbonyl (C=O) groups excluding carboxylic acids is 1. The predicted molar refractivity (Wildman–Crippen MR) is 66.5 cm³/mol. The van der Waals surface area contributed by atoms with Crippen molar-refractivity contribution in [1.82, 2.24) is 9.88 Å². The van der Waals surface area contributed by atoms with Gasteiger partial charge in [-0.3, -0.25) is 4.79 Å². The molecule has 1 aliphatic heterocycles. The fourth-order valence-corrected chi connectivity index (χ4v) is 2.14. The van der Waals surface area contributed by atoms with Crippen molar-refractivity contribution in [2.45, 2.75) is 13.3 Å². The quantitative estimate of drug-likeness (QED) is 0.863. The van der Waals surface area contributed by atoms with Crippen LogP contribution in [0.3, 0.4) is 0 Å². The van der Waals surface area contributed by atoms with Crippen LogP contribution in [0.1, 0.15) is 23.8 Å². The molecule has 1 atom stereocenters. The van der Waals surface area contributed by atoms with Gasteiger partial charge in [-0.25, -0.2) is 4.98 Å². The van der Waals surface area contributed by atoms with Crippen LogP contribution in [0.25, 0.3) is 0 Å². The Kier molecular flexibility index (Phi) is 4.15. The van der Waals surface area contributed by atoms with Gasteiger partial charge in [0.25, 0.3) is 5.91 Å². The lowest BCUT2D eigenvalue weighted by molar-refractivity contribution is 0.0771. The van der Waals surface area contributed by atoms with Gasteiger partial charge < -0.3 is 14.7 Å². The second-order valence-electron chi connectivity index (χ2n) is 4.37. The first-order chi connectivity index (χ1) is 8.76. The summed E-state index contributed by atoms with van der Waals surface area (Å²) in [6.07, 6.45) is 2.44. The van der Waals surface area contributed by atoms with Crippen molar-refractivity contribution < 1.29 is 14.6 Å². The molecular weight excluding hydrogens is 232 g/mol. The molecule has 98 valence electrons. The normalized spacial score (nSPS) is 19.0. The number of hydrogen-bond acceptors (Lipinski definition) is 4. The Morgan fingerprint density at radius 3 is 3.17 bits per heavy atom. The smallest absolute Gasteiger partial charge is 0.276 e. The number of aliphatic hydroxyl groups excluding tert-OH is 1. The van der Waals surface area contributed by atoms with Gasteiger partial charge in [0.1, 0.15) is 0 Å². The van der Waals surface area contributed by atoms with E-state index in [-0.39, 0.29) is 18.4 Å². The van der Waals surface area contributed by atoms with E-state index in [1.807, 2.05) is 6.92 Å². The Balaban J connectivity index is 2.14. The predicted octanol–water partition coefficient (Wildman–Crippen LogP) is 0.935. The molecule has 5 nitrogen and oxygen atoms in total. The van der Waals surface area contributed by atoms with E-state index in [0.29, 0.717) is 31.1 Å². The number of hydrogen-bond donors (Lipinski definition) is 1. The molecule has 1 amide bonds. The molecule has 1 unspecified atom stereocenters. The third kappa shape index (κ3) is 2.61. The Bertz CT molecular complexity index is 422. The lowest BCUT2D eigenvalue weighted by Gasteiger charge is -2.17. The van der Waals surface area contributed by atoms with E-state index in [4.69, 9.17) is 9.84 Å². The number of aliphatic hydroxyl groups is 1. The summed E-state index contributed by atoms with van der Waals surface area (Å²) < 4.78 is 5.41. The molecule has 1 aromatic heterocycles. The van der Waals surface area contributed by atoms with Gasteiger partial charge in [0.2, 0.25) is 0 Å². The summed E-state index contributed by atoms with van der Waals surface area (Å²) in [5, 5.41) is 9.10. The van der Waals surface area contributed by atoms with Crippen LogP contribution in [-0.2, 0) is 0 Å². The number of nitrogens with zero attached hydrogens (tertiary/aromatic N) is 2. The fraction of sp³-hybridized carbons (Fsp3) is 0.538. The molecule has 0 aromatic carbocycles. The monoisotopic (exact) mass is 250 g/mol. The van der Waals surface area contributed by atoms with Crippen molar-refractivity contribution in [3.63, 3.8) is 0 Å². The molecule has 0 saturated carbocycles. The van der Waals surface area contributed by atoms with Crippen LogP contribution in [0.4, 0.5) is 0 Å². The van der Waals surface area contributed by atoms with E-state index in [9.17, 15) is 4.79 Å². The number of likely N-dealkylation sites (tertiary alicyclic amines) is 1. The van der Waals surface area contributed by atoms with Crippen LogP contribution in [0, 0.1) is 5.92 Å². The van der Waals surface area contributed by atoms with Gasteiger partial charge >= 0.3 is 0 Å². The van der Waals surface area contributed by atoms with Crippen LogP contribution < -0.4 is 4.74 Å². The highest BCUT2D eigenvalue weighted by Crippen LogP contribution is 2.22. The molecule has 2 rings (SSSR count). The van der Waals surface area contributed by atoms with Crippen LogP contribution in [0.5, 0.6) is 5.75 Å². The molecule has 0 spiro atoms. The minimum atomic E-state index is -0.116. The van der Waals surface area contributed by atoms with Gasteiger partial charge in [0, 0.05) is 31.8 Å². The number of amides is 1. The summed E-state index contributed by atoms with van der Waals surface area (Å²) >= 11 is 0. The number of ether oxygens (including phenoxy) is 1. The topological polar surface area (TPSA) is 62.7 Å². The molecule has 0 bridgehead atoms. The molecule has 2 heterocycles. The summed E-state index contributed by atoms with van der Waals surface area (Å²) in [4.78, 5) is 18.1. The number of rotatable bonds is 4. The van der Waals surface area contributed by atoms with Crippen LogP contribution in [0.2, 0.25) is 0 Å². The lowest BCUT2D eigenvalue weighted by Crippen LogP contribution is -2.30. The first-order valence-corrected chi connectivity index (χ1v) is 6.24. The summed E-state index contributed by atoms with van der Waals surface area (Å²) in [6, 6.07) is 3.51. The zero-order chi connectivity index (χ0) is 13.0. The highest BCUT2D eigenvalue weighted by molar-refractivity contribution is 5.95. The second kappa shape index (κ2) is 5.82. The number of pyridine rings is 1. The fourth-order valence-electron chi connectivity index (χ4n) is 2.14. The molecule has 1 saturated heterocycles. The molecule has 1 aliphatic rings. The summed E-state index contributed by atoms with van der Waals surface area (Å²) in [7, 11) is 0. The van der Waals surface area contributed by atoms with Gasteiger partial charge in [-0.15, -0.1) is 0 Å². The first kappa shape index (κ1) is 12.8. The maximum atomic E-state index is 12.3. The van der Waals surface area contributed by atoms with Crippen molar-refractivity contribution in [3.05, 3.63) is 24.0 Å². The summed E-state index contributed by atoms with van der Waals surface area (Å²) in [6.45, 7) is 3.78. The van der Waals surface area contributed by atoms with Gasteiger partial charge in [-0.1, -0.05) is 0 Å². The minimum absolute atomic E-state index is 0.116. The third-order valence-corrected chi connectivity index (χ3v) is 3.10. The largest absolute Gasteiger partial charge is 0.491 e. The van der Waals surface area contributed by atoms with E-state index in [1.54, 1.807) is 23.2 Å². The Hall–Kier alpha value is -1.62. The zero-order valence-corrected chi connectivity index (χ0v) is 10.5. The molecule has 0 aliphatic carbocycles. The maximum absolute atomic E-state index is 12.3. The minimum Gasteiger partial charge on any atom is -0.491 e. The molecule has 1 fully saturated rings. The van der Waals surface area contributed by atoms with E-state index in [2.05, 4.69) is 4.98 Å². The van der Waals surface area contributed by atoms with E-state index < -0.39 is 0 Å². The first-order valence-electron chi connectivity index (χ1n) is 6.24. The number of carbonyl (C=O) groups is 1. The van der Waals surface area contributed by atoms with Crippen molar-refractivity contribution in [2.75, 3.05) is 26.3 Å². The molecule has 1 aromatic rings. The molecule has 0 radical (unpaired) electrons. The van der Waals surface area contributed by atoms with Crippen LogP contribution in [-0.4, -0.2) is 47.2 Å². The molecule has 5 heteroatoms. The van der Waals surface area contributed by atoms with Crippen LogP contribution in [0.15, 0.2) is 18.3 Å². The van der Waals surface area contributed by atoms with Gasteiger partial charge in [0.15, 0.2) is 11.4 Å². The lowest BCUT2D eigenvalue weighted by atomic mass is 10.1. The highest BCUT2D eigenvalue weighted by atomic mass is 16.5. The average molecular weight is 250 g/mol. The van der Waals surface area contributed by atoms with Crippen molar-refractivity contribution in [2.24, 2.45) is 5.92 Å². The van der Waals surface area contributed by atoms with E-state index in [1.165, 1.54) is 0 Å². The molecule has 18 heavy (non-hydrogen) atoms. The summed E-state index contributed by atoms with van der Waals surface area (Å²) in [5.74, 6) is 0.598. The SMILES string of the molecule is CCOc1cccnc1C(=O)N1CCC(CO)C1. The second-order valence-corrected chi connectivity index (χ2v) is 4.37. The third-order valence-electron chi connectivity index (χ3n) is 3.10. The summed E-state index contributed by atoms with van der Waals surface area (Å²) in [5.41, 5.74) is 0.359. The van der Waals surface area contributed by atoms with E-state index >= 15 is 0 Å². The molecular formula is C13H18N2O3. The van der Waals surface area contributed by atoms with Gasteiger partial charge in [-0.05, 0) is 25.5 Å². The van der Waals surface area contributed by atoms with Gasteiger partial charge in [0.05, 0.1) is 6.61 Å². The highest BCUT2D eigenvalue weighted by Gasteiger charge is 2.28.